The van der Waals surface area contributed by atoms with E-state index in [0.29, 0.717) is 5.39 Å². The lowest BCUT2D eigenvalue weighted by atomic mass is 10.2. The van der Waals surface area contributed by atoms with E-state index in [-0.39, 0.29) is 12.3 Å². The number of hydroxylamine groups is 1. The summed E-state index contributed by atoms with van der Waals surface area (Å²) in [7, 11) is 0. The monoisotopic (exact) mass is 234 g/mol. The number of rotatable bonds is 4. The van der Waals surface area contributed by atoms with Crippen molar-refractivity contribution in [2.75, 3.05) is 6.61 Å². The molecule has 0 fully saturated rings. The van der Waals surface area contributed by atoms with Crippen LogP contribution < -0.4 is 11.2 Å². The van der Waals surface area contributed by atoms with Gasteiger partial charge in [-0.3, -0.25) is 19.5 Å². The Labute approximate surface area is 95.9 Å². The topological polar surface area (TPSA) is 110 Å². The lowest BCUT2D eigenvalue weighted by molar-refractivity contribution is -0.124. The number of benzene rings is 1. The van der Waals surface area contributed by atoms with Gasteiger partial charge in [-0.15, -0.1) is 0 Å². The first-order chi connectivity index (χ1) is 8.18. The van der Waals surface area contributed by atoms with Crippen LogP contribution in [0, 0.1) is 0 Å². The number of nitrogens with zero attached hydrogens (tertiary/aromatic N) is 1. The maximum absolute atomic E-state index is 11.6. The Bertz CT molecular complexity index is 563. The molecule has 2 aromatic rings. The fourth-order valence-corrected chi connectivity index (χ4v) is 1.36. The number of nitrogens with two attached hydrogens (primary N) is 1. The summed E-state index contributed by atoms with van der Waals surface area (Å²) in [6.45, 7) is -0.381. The molecule has 0 aliphatic carbocycles. The van der Waals surface area contributed by atoms with Crippen molar-refractivity contribution in [3.05, 3.63) is 30.0 Å². The van der Waals surface area contributed by atoms with Crippen molar-refractivity contribution < 1.29 is 14.4 Å². The van der Waals surface area contributed by atoms with Crippen molar-refractivity contribution >= 4 is 22.7 Å². The van der Waals surface area contributed by atoms with Gasteiger partial charge >= 0.3 is 0 Å². The Balaban J connectivity index is 2.11. The van der Waals surface area contributed by atoms with Crippen molar-refractivity contribution in [1.82, 2.24) is 15.7 Å². The standard InChI is InChI=1S/C10H10N4O3/c11-8(15)5-17-14-10(16)9-6-3-1-2-4-7(6)12-13-9/h1-4H,5H2,(H2,11,15)(H,12,13)(H,14,16). The first-order valence-corrected chi connectivity index (χ1v) is 4.82. The zero-order chi connectivity index (χ0) is 12.3. The van der Waals surface area contributed by atoms with Crippen molar-refractivity contribution in [2.24, 2.45) is 5.73 Å². The van der Waals surface area contributed by atoms with E-state index < -0.39 is 11.8 Å². The second-order valence-corrected chi connectivity index (χ2v) is 3.30. The number of para-hydroxylation sites is 1. The highest BCUT2D eigenvalue weighted by Gasteiger charge is 2.13. The van der Waals surface area contributed by atoms with Gasteiger partial charge in [0.05, 0.1) is 5.52 Å². The predicted octanol–water partition coefficient (Wildman–Crippen LogP) is -0.290. The molecule has 0 atom stereocenters. The molecule has 1 aromatic carbocycles. The maximum Gasteiger partial charge on any atom is 0.295 e. The third kappa shape index (κ3) is 2.40. The average molecular weight is 234 g/mol. The highest BCUT2D eigenvalue weighted by molar-refractivity contribution is 6.04. The van der Waals surface area contributed by atoms with E-state index in [2.05, 4.69) is 20.5 Å². The molecular formula is C10H10N4O3. The summed E-state index contributed by atoms with van der Waals surface area (Å²) in [6, 6.07) is 7.16. The summed E-state index contributed by atoms with van der Waals surface area (Å²) in [6.07, 6.45) is 0. The molecule has 0 aliphatic rings. The van der Waals surface area contributed by atoms with Gasteiger partial charge in [0, 0.05) is 5.39 Å². The summed E-state index contributed by atoms with van der Waals surface area (Å²) in [5.41, 5.74) is 7.88. The Kier molecular flexibility index (Phi) is 3.01. The van der Waals surface area contributed by atoms with Gasteiger partial charge in [-0.25, -0.2) is 5.48 Å². The summed E-state index contributed by atoms with van der Waals surface area (Å²) < 4.78 is 0. The zero-order valence-electron chi connectivity index (χ0n) is 8.77. The van der Waals surface area contributed by atoms with Gasteiger partial charge in [0.1, 0.15) is 0 Å². The molecule has 1 heterocycles. The quantitative estimate of drug-likeness (QED) is 0.631. The van der Waals surface area contributed by atoms with E-state index in [4.69, 9.17) is 5.73 Å². The number of primary amides is 1. The van der Waals surface area contributed by atoms with Crippen LogP contribution in [0.2, 0.25) is 0 Å². The molecule has 4 N–H and O–H groups in total. The molecular weight excluding hydrogens is 224 g/mol. The highest BCUT2D eigenvalue weighted by atomic mass is 16.7. The number of fused-ring (bicyclic) bond motifs is 1. The Morgan fingerprint density at radius 3 is 2.94 bits per heavy atom. The minimum Gasteiger partial charge on any atom is -0.368 e. The number of aromatic amines is 1. The molecule has 7 nitrogen and oxygen atoms in total. The third-order valence-electron chi connectivity index (χ3n) is 2.06. The van der Waals surface area contributed by atoms with Crippen molar-refractivity contribution in [1.29, 1.82) is 0 Å². The minimum absolute atomic E-state index is 0.199. The highest BCUT2D eigenvalue weighted by Crippen LogP contribution is 2.14. The van der Waals surface area contributed by atoms with Crippen LogP contribution in [0.25, 0.3) is 10.9 Å². The fourth-order valence-electron chi connectivity index (χ4n) is 1.36. The van der Waals surface area contributed by atoms with Crippen LogP contribution in [0.15, 0.2) is 24.3 Å². The van der Waals surface area contributed by atoms with E-state index in [9.17, 15) is 9.59 Å². The number of amides is 2. The number of hydrogen-bond acceptors (Lipinski definition) is 4. The number of H-pyrrole nitrogens is 1. The normalized spacial score (nSPS) is 10.4. The Morgan fingerprint density at radius 1 is 1.41 bits per heavy atom. The van der Waals surface area contributed by atoms with Crippen LogP contribution in [0.3, 0.4) is 0 Å². The molecule has 2 rings (SSSR count). The maximum atomic E-state index is 11.6. The lowest BCUT2D eigenvalue weighted by Crippen LogP contribution is -2.29. The average Bonchev–Trinajstić information content (AvgIpc) is 2.72. The minimum atomic E-state index is -0.669. The van der Waals surface area contributed by atoms with Crippen LogP contribution >= 0.6 is 0 Å². The molecule has 0 bridgehead atoms. The summed E-state index contributed by atoms with van der Waals surface area (Å²) in [5, 5.41) is 7.24. The summed E-state index contributed by atoms with van der Waals surface area (Å²) >= 11 is 0. The van der Waals surface area contributed by atoms with Gasteiger partial charge in [0.15, 0.2) is 12.3 Å². The van der Waals surface area contributed by atoms with Gasteiger partial charge in [-0.05, 0) is 6.07 Å². The lowest BCUT2D eigenvalue weighted by Gasteiger charge is -2.01. The fraction of sp³-hybridized carbons (Fsp3) is 0.100. The Hall–Kier alpha value is -2.41. The number of nitrogens with one attached hydrogen (secondary N) is 2. The van der Waals surface area contributed by atoms with Crippen LogP contribution in [0.1, 0.15) is 10.5 Å². The molecule has 88 valence electrons. The first kappa shape index (κ1) is 11.1. The van der Waals surface area contributed by atoms with Crippen LogP contribution in [0.5, 0.6) is 0 Å². The SMILES string of the molecule is NC(=O)CONC(=O)c1n[nH]c2ccccc12. The molecule has 2 amide bonds. The van der Waals surface area contributed by atoms with Crippen LogP contribution in [-0.4, -0.2) is 28.6 Å². The van der Waals surface area contributed by atoms with Crippen molar-refractivity contribution in [3.63, 3.8) is 0 Å². The molecule has 1 aromatic heterocycles. The van der Waals surface area contributed by atoms with E-state index in [1.54, 1.807) is 18.2 Å². The number of carbonyl (C=O) groups is 2. The Morgan fingerprint density at radius 2 is 2.18 bits per heavy atom. The van der Waals surface area contributed by atoms with Gasteiger partial charge in [0.25, 0.3) is 5.91 Å². The molecule has 0 aliphatic heterocycles. The molecule has 0 saturated carbocycles. The van der Waals surface area contributed by atoms with E-state index >= 15 is 0 Å². The molecule has 17 heavy (non-hydrogen) atoms. The smallest absolute Gasteiger partial charge is 0.295 e. The van der Waals surface area contributed by atoms with Gasteiger partial charge in [-0.1, -0.05) is 18.2 Å². The van der Waals surface area contributed by atoms with Gasteiger partial charge in [0.2, 0.25) is 5.91 Å². The number of aromatic nitrogens is 2. The second kappa shape index (κ2) is 4.62. The van der Waals surface area contributed by atoms with Gasteiger partial charge in [-0.2, -0.15) is 5.10 Å². The zero-order valence-corrected chi connectivity index (χ0v) is 8.77. The van der Waals surface area contributed by atoms with Gasteiger partial charge < -0.3 is 5.73 Å². The molecule has 0 spiro atoms. The molecule has 0 radical (unpaired) electrons. The van der Waals surface area contributed by atoms with E-state index in [0.717, 1.165) is 5.52 Å². The summed E-state index contributed by atoms with van der Waals surface area (Å²) in [5.74, 6) is -1.21. The van der Waals surface area contributed by atoms with E-state index in [1.807, 2.05) is 6.07 Å². The molecule has 0 saturated heterocycles. The van der Waals surface area contributed by atoms with Crippen LogP contribution in [-0.2, 0) is 9.63 Å². The third-order valence-corrected chi connectivity index (χ3v) is 2.06. The van der Waals surface area contributed by atoms with Crippen molar-refractivity contribution in [2.45, 2.75) is 0 Å². The number of carbonyl (C=O) groups excluding carboxylic acids is 2. The number of hydrogen-bond donors (Lipinski definition) is 3. The first-order valence-electron chi connectivity index (χ1n) is 4.82. The van der Waals surface area contributed by atoms with Crippen LogP contribution in [0.4, 0.5) is 0 Å². The summed E-state index contributed by atoms with van der Waals surface area (Å²) in [4.78, 5) is 26.6. The van der Waals surface area contributed by atoms with Crippen molar-refractivity contribution in [3.8, 4) is 0 Å². The predicted molar refractivity (Wildman–Crippen MR) is 58.7 cm³/mol. The second-order valence-electron chi connectivity index (χ2n) is 3.30. The van der Waals surface area contributed by atoms with E-state index in [1.165, 1.54) is 0 Å². The largest absolute Gasteiger partial charge is 0.368 e. The molecule has 7 heteroatoms. The molecule has 0 unspecified atom stereocenters.